The molecule has 3 N–H and O–H groups in total. The fourth-order valence-corrected chi connectivity index (χ4v) is 3.06. The lowest BCUT2D eigenvalue weighted by molar-refractivity contribution is 0.828. The molecule has 0 aliphatic heterocycles. The number of nitrogens with zero attached hydrogens (tertiary/aromatic N) is 3. The summed E-state index contributed by atoms with van der Waals surface area (Å²) < 4.78 is 0. The predicted octanol–water partition coefficient (Wildman–Crippen LogP) is 2.76. The Kier molecular flexibility index (Phi) is 3.90. The third-order valence-electron chi connectivity index (χ3n) is 3.55. The van der Waals surface area contributed by atoms with Gasteiger partial charge < -0.3 is 10.7 Å². The van der Waals surface area contributed by atoms with E-state index in [4.69, 9.17) is 5.73 Å². The number of benzene rings is 1. The summed E-state index contributed by atoms with van der Waals surface area (Å²) in [5, 5.41) is 0.886. The Hall–Kier alpha value is -1.92. The normalized spacial score (nSPS) is 12.7. The van der Waals surface area contributed by atoms with E-state index < -0.39 is 0 Å². The monoisotopic (exact) mass is 299 g/mol. The van der Waals surface area contributed by atoms with Crippen molar-refractivity contribution in [1.82, 2.24) is 19.9 Å². The number of imidazole rings is 1. The summed E-state index contributed by atoms with van der Waals surface area (Å²) in [7, 11) is 0. The minimum Gasteiger partial charge on any atom is -0.341 e. The van der Waals surface area contributed by atoms with Crippen LogP contribution in [0.3, 0.4) is 0 Å². The number of rotatable bonds is 4. The van der Waals surface area contributed by atoms with Gasteiger partial charge in [0.05, 0.1) is 6.33 Å². The van der Waals surface area contributed by atoms with Crippen molar-refractivity contribution in [2.24, 2.45) is 5.73 Å². The number of hydrogen-bond acceptors (Lipinski definition) is 5. The molecule has 21 heavy (non-hydrogen) atoms. The Balaban J connectivity index is 1.75. The van der Waals surface area contributed by atoms with Crippen LogP contribution in [0.5, 0.6) is 0 Å². The second-order valence-corrected chi connectivity index (χ2v) is 6.05. The zero-order valence-corrected chi connectivity index (χ0v) is 12.8. The molecule has 0 saturated carbocycles. The van der Waals surface area contributed by atoms with Gasteiger partial charge in [0.25, 0.3) is 0 Å². The number of hydrogen-bond donors (Lipinski definition) is 2. The van der Waals surface area contributed by atoms with Crippen molar-refractivity contribution < 1.29 is 0 Å². The summed E-state index contributed by atoms with van der Waals surface area (Å²) in [4.78, 5) is 15.6. The summed E-state index contributed by atoms with van der Waals surface area (Å²) in [6.07, 6.45) is 3.17. The van der Waals surface area contributed by atoms with Gasteiger partial charge in [-0.3, -0.25) is 0 Å². The van der Waals surface area contributed by atoms with Gasteiger partial charge in [0.15, 0.2) is 5.65 Å². The number of fused-ring (bicyclic) bond motifs is 1. The number of H-pyrrole nitrogens is 1. The van der Waals surface area contributed by atoms with Crippen LogP contribution in [0.4, 0.5) is 0 Å². The van der Waals surface area contributed by atoms with Gasteiger partial charge in [0.2, 0.25) is 0 Å². The molecule has 6 heteroatoms. The molecule has 0 saturated heterocycles. The van der Waals surface area contributed by atoms with Crippen LogP contribution < -0.4 is 5.73 Å². The number of aromatic nitrogens is 4. The minimum absolute atomic E-state index is 0.0257. The molecular weight excluding hydrogens is 282 g/mol. The lowest BCUT2D eigenvalue weighted by Gasteiger charge is -2.13. The van der Waals surface area contributed by atoms with E-state index in [1.165, 1.54) is 17.5 Å². The van der Waals surface area contributed by atoms with E-state index in [0.717, 1.165) is 21.9 Å². The molecule has 0 aliphatic carbocycles. The quantitative estimate of drug-likeness (QED) is 0.572. The zero-order chi connectivity index (χ0) is 14.8. The highest BCUT2D eigenvalue weighted by Crippen LogP contribution is 2.26. The predicted molar refractivity (Wildman–Crippen MR) is 85.3 cm³/mol. The first-order valence-electron chi connectivity index (χ1n) is 6.75. The molecule has 0 bridgehead atoms. The number of nitrogens with two attached hydrogens (primary N) is 1. The van der Waals surface area contributed by atoms with Crippen LogP contribution in [-0.2, 0) is 0 Å². The van der Waals surface area contributed by atoms with E-state index in [2.05, 4.69) is 52.0 Å². The molecule has 2 aromatic heterocycles. The molecule has 0 fully saturated rings. The van der Waals surface area contributed by atoms with Gasteiger partial charge in [-0.1, -0.05) is 18.2 Å². The van der Waals surface area contributed by atoms with Crippen molar-refractivity contribution in [3.63, 3.8) is 0 Å². The highest BCUT2D eigenvalue weighted by Gasteiger charge is 2.11. The molecular formula is C15H17N5S. The topological polar surface area (TPSA) is 80.5 Å². The number of aryl methyl sites for hydroxylation is 2. The summed E-state index contributed by atoms with van der Waals surface area (Å²) in [6.45, 7) is 4.21. The van der Waals surface area contributed by atoms with Gasteiger partial charge in [-0.05, 0) is 30.5 Å². The van der Waals surface area contributed by atoms with E-state index >= 15 is 0 Å². The molecule has 1 aromatic carbocycles. The van der Waals surface area contributed by atoms with Gasteiger partial charge in [-0.25, -0.2) is 15.0 Å². The average molecular weight is 299 g/mol. The maximum absolute atomic E-state index is 6.29. The summed E-state index contributed by atoms with van der Waals surface area (Å²) in [5.74, 6) is 0.758. The number of aromatic amines is 1. The van der Waals surface area contributed by atoms with E-state index in [-0.39, 0.29) is 6.04 Å². The first-order valence-corrected chi connectivity index (χ1v) is 7.73. The Morgan fingerprint density at radius 3 is 2.86 bits per heavy atom. The molecule has 3 aromatic rings. The van der Waals surface area contributed by atoms with Crippen LogP contribution in [-0.4, -0.2) is 25.7 Å². The van der Waals surface area contributed by atoms with Crippen LogP contribution in [0.25, 0.3) is 11.2 Å². The third-order valence-corrected chi connectivity index (χ3v) is 4.66. The fraction of sp³-hybridized carbons (Fsp3) is 0.267. The SMILES string of the molecule is Cc1ccc(C(N)CSc2ncnc3nc[nH]c23)cc1C. The summed E-state index contributed by atoms with van der Waals surface area (Å²) in [5.41, 5.74) is 11.6. The maximum atomic E-state index is 6.29. The van der Waals surface area contributed by atoms with Crippen LogP contribution in [0.15, 0.2) is 35.9 Å². The molecule has 0 aliphatic rings. The van der Waals surface area contributed by atoms with E-state index in [0.29, 0.717) is 5.65 Å². The van der Waals surface area contributed by atoms with E-state index in [1.54, 1.807) is 18.1 Å². The Labute approximate surface area is 127 Å². The van der Waals surface area contributed by atoms with Crippen LogP contribution in [0, 0.1) is 13.8 Å². The van der Waals surface area contributed by atoms with Crippen molar-refractivity contribution in [2.45, 2.75) is 24.9 Å². The van der Waals surface area contributed by atoms with Gasteiger partial charge in [0, 0.05) is 11.8 Å². The van der Waals surface area contributed by atoms with Crippen molar-refractivity contribution in [1.29, 1.82) is 0 Å². The molecule has 1 atom stereocenters. The van der Waals surface area contributed by atoms with Gasteiger partial charge >= 0.3 is 0 Å². The first-order chi connectivity index (χ1) is 10.1. The highest BCUT2D eigenvalue weighted by atomic mass is 32.2. The number of nitrogens with one attached hydrogen (secondary N) is 1. The lowest BCUT2D eigenvalue weighted by atomic mass is 10.0. The van der Waals surface area contributed by atoms with E-state index in [1.807, 2.05) is 0 Å². The smallest absolute Gasteiger partial charge is 0.181 e. The second-order valence-electron chi connectivity index (χ2n) is 5.04. The van der Waals surface area contributed by atoms with Gasteiger partial charge in [-0.15, -0.1) is 11.8 Å². The molecule has 108 valence electrons. The second kappa shape index (κ2) is 5.83. The molecule has 5 nitrogen and oxygen atoms in total. The Morgan fingerprint density at radius 1 is 1.19 bits per heavy atom. The van der Waals surface area contributed by atoms with Crippen molar-refractivity contribution in [3.05, 3.63) is 47.5 Å². The lowest BCUT2D eigenvalue weighted by Crippen LogP contribution is -2.13. The Bertz CT molecular complexity index is 768. The zero-order valence-electron chi connectivity index (χ0n) is 12.0. The maximum Gasteiger partial charge on any atom is 0.181 e. The van der Waals surface area contributed by atoms with Crippen LogP contribution in [0.2, 0.25) is 0 Å². The largest absolute Gasteiger partial charge is 0.341 e. The van der Waals surface area contributed by atoms with Crippen molar-refractivity contribution >= 4 is 22.9 Å². The van der Waals surface area contributed by atoms with Crippen molar-refractivity contribution in [3.8, 4) is 0 Å². The standard InChI is InChI=1S/C15H17N5S/c1-9-3-4-11(5-10(9)2)12(16)6-21-15-13-14(18-7-17-13)19-8-20-15/h3-5,7-8,12H,6,16H2,1-2H3,(H,17,18,19,20). The van der Waals surface area contributed by atoms with Crippen molar-refractivity contribution in [2.75, 3.05) is 5.75 Å². The number of thioether (sulfide) groups is 1. The minimum atomic E-state index is -0.0257. The highest BCUT2D eigenvalue weighted by molar-refractivity contribution is 7.99. The molecule has 2 heterocycles. The van der Waals surface area contributed by atoms with Crippen LogP contribution in [0.1, 0.15) is 22.7 Å². The molecule has 0 radical (unpaired) electrons. The average Bonchev–Trinajstić information content (AvgIpc) is 2.96. The van der Waals surface area contributed by atoms with Crippen LogP contribution >= 0.6 is 11.8 Å². The summed E-state index contributed by atoms with van der Waals surface area (Å²) in [6, 6.07) is 6.35. The Morgan fingerprint density at radius 2 is 2.05 bits per heavy atom. The van der Waals surface area contributed by atoms with Gasteiger partial charge in [0.1, 0.15) is 16.9 Å². The summed E-state index contributed by atoms with van der Waals surface area (Å²) >= 11 is 1.62. The van der Waals surface area contributed by atoms with E-state index in [9.17, 15) is 0 Å². The third kappa shape index (κ3) is 2.91. The fourth-order valence-electron chi connectivity index (χ4n) is 2.11. The van der Waals surface area contributed by atoms with Gasteiger partial charge in [-0.2, -0.15) is 0 Å². The molecule has 0 amide bonds. The molecule has 1 unspecified atom stereocenters. The molecule has 0 spiro atoms. The molecule has 3 rings (SSSR count). The first kappa shape index (κ1) is 14.0.